The molecule has 2 aromatic rings. The van der Waals surface area contributed by atoms with Crippen LogP contribution in [0, 0.1) is 0 Å². The van der Waals surface area contributed by atoms with Crippen LogP contribution in [0.2, 0.25) is 0 Å². The van der Waals surface area contributed by atoms with Gasteiger partial charge in [0.15, 0.2) is 0 Å². The van der Waals surface area contributed by atoms with Gasteiger partial charge < -0.3 is 11.1 Å². The molecule has 0 bridgehead atoms. The lowest BCUT2D eigenvalue weighted by atomic mass is 10.1. The Morgan fingerprint density at radius 1 is 1.44 bits per heavy atom. The van der Waals surface area contributed by atoms with E-state index in [-0.39, 0.29) is 0 Å². The smallest absolute Gasteiger partial charge is 0.0518 e. The lowest BCUT2D eigenvalue weighted by Gasteiger charge is -2.14. The van der Waals surface area contributed by atoms with E-state index in [2.05, 4.69) is 22.5 Å². The molecule has 0 radical (unpaired) electrons. The van der Waals surface area contributed by atoms with Crippen molar-refractivity contribution >= 4 is 5.69 Å². The number of nitrogens with one attached hydrogen (secondary N) is 1. The molecular formula is C14H18N4. The van der Waals surface area contributed by atoms with Gasteiger partial charge in [0.1, 0.15) is 0 Å². The van der Waals surface area contributed by atoms with E-state index in [1.54, 1.807) is 0 Å². The number of aromatic nitrogens is 2. The molecule has 0 saturated carbocycles. The van der Waals surface area contributed by atoms with Gasteiger partial charge in [0.05, 0.1) is 5.69 Å². The summed E-state index contributed by atoms with van der Waals surface area (Å²) in [5.74, 6) is 0. The normalized spacial score (nSPS) is 17.9. The molecule has 3 N–H and O–H groups in total. The van der Waals surface area contributed by atoms with E-state index in [4.69, 9.17) is 5.73 Å². The Morgan fingerprint density at radius 3 is 3.11 bits per heavy atom. The molecule has 1 heterocycles. The molecule has 0 fully saturated rings. The molecule has 1 aliphatic carbocycles. The topological polar surface area (TPSA) is 55.9 Å². The number of nitrogens with zero attached hydrogens (tertiary/aromatic N) is 2. The molecule has 4 nitrogen and oxygen atoms in total. The van der Waals surface area contributed by atoms with Crippen LogP contribution < -0.4 is 11.1 Å². The maximum Gasteiger partial charge on any atom is 0.0518 e. The first-order valence-corrected chi connectivity index (χ1v) is 6.32. The third kappa shape index (κ3) is 1.99. The summed E-state index contributed by atoms with van der Waals surface area (Å²) >= 11 is 0. The molecule has 0 amide bonds. The molecule has 1 unspecified atom stereocenters. The van der Waals surface area contributed by atoms with Gasteiger partial charge in [-0.15, -0.1) is 0 Å². The number of rotatable bonds is 3. The molecule has 1 atom stereocenters. The maximum absolute atomic E-state index is 5.82. The van der Waals surface area contributed by atoms with Gasteiger partial charge in [0, 0.05) is 31.5 Å². The summed E-state index contributed by atoms with van der Waals surface area (Å²) in [4.78, 5) is 0. The number of benzene rings is 1. The summed E-state index contributed by atoms with van der Waals surface area (Å²) in [5.41, 5.74) is 10.7. The molecule has 3 rings (SSSR count). The van der Waals surface area contributed by atoms with Crippen LogP contribution in [0.25, 0.3) is 0 Å². The van der Waals surface area contributed by atoms with Crippen molar-refractivity contribution in [2.45, 2.75) is 25.4 Å². The van der Waals surface area contributed by atoms with Gasteiger partial charge in [0.25, 0.3) is 0 Å². The van der Waals surface area contributed by atoms with Crippen molar-refractivity contribution in [1.82, 2.24) is 15.1 Å². The Labute approximate surface area is 107 Å². The molecule has 4 heteroatoms. The van der Waals surface area contributed by atoms with Gasteiger partial charge in [-0.2, -0.15) is 5.10 Å². The molecule has 1 aromatic heterocycles. The molecule has 0 spiro atoms. The first-order chi connectivity index (χ1) is 8.74. The van der Waals surface area contributed by atoms with Crippen molar-refractivity contribution in [3.05, 3.63) is 47.3 Å². The fourth-order valence-corrected chi connectivity index (χ4v) is 2.65. The number of hydrogen-bond donors (Lipinski definition) is 2. The zero-order valence-corrected chi connectivity index (χ0v) is 10.6. The number of nitrogen functional groups attached to an aromatic ring is 1. The van der Waals surface area contributed by atoms with Gasteiger partial charge in [-0.05, 0) is 42.2 Å². The molecular weight excluding hydrogens is 224 g/mol. The van der Waals surface area contributed by atoms with Crippen molar-refractivity contribution in [2.24, 2.45) is 7.05 Å². The number of fused-ring (bicyclic) bond motifs is 1. The second kappa shape index (κ2) is 4.46. The van der Waals surface area contributed by atoms with Crippen molar-refractivity contribution in [3.63, 3.8) is 0 Å². The fraction of sp³-hybridized carbons (Fsp3) is 0.357. The third-order valence-electron chi connectivity index (χ3n) is 3.70. The zero-order valence-electron chi connectivity index (χ0n) is 10.6. The van der Waals surface area contributed by atoms with Crippen LogP contribution >= 0.6 is 0 Å². The average Bonchev–Trinajstić information content (AvgIpc) is 2.93. The quantitative estimate of drug-likeness (QED) is 0.807. The number of nitrogens with two attached hydrogens (primary N) is 1. The predicted octanol–water partition coefficient (Wildman–Crippen LogP) is 1.78. The Kier molecular flexibility index (Phi) is 2.80. The highest BCUT2D eigenvalue weighted by Gasteiger charge is 2.21. The van der Waals surface area contributed by atoms with E-state index < -0.39 is 0 Å². The number of aryl methyl sites for hydroxylation is 2. The summed E-state index contributed by atoms with van der Waals surface area (Å²) in [5, 5.41) is 7.78. The van der Waals surface area contributed by atoms with Crippen LogP contribution in [-0.2, 0) is 20.0 Å². The standard InChI is InChI=1S/C14H18N4/c1-18-12(6-7-17-18)9-16-14-5-2-10-8-11(15)3-4-13(10)14/h3-4,6-8,14,16H,2,5,9,15H2,1H3. The number of anilines is 1. The van der Waals surface area contributed by atoms with Crippen LogP contribution in [0.4, 0.5) is 5.69 Å². The molecule has 94 valence electrons. The summed E-state index contributed by atoms with van der Waals surface area (Å²) < 4.78 is 1.91. The molecule has 0 saturated heterocycles. The molecule has 1 aliphatic rings. The zero-order chi connectivity index (χ0) is 12.5. The van der Waals surface area contributed by atoms with Gasteiger partial charge in [0.2, 0.25) is 0 Å². The van der Waals surface area contributed by atoms with Crippen LogP contribution in [0.1, 0.15) is 29.3 Å². The minimum atomic E-state index is 0.440. The Balaban J connectivity index is 1.71. The van der Waals surface area contributed by atoms with Crippen molar-refractivity contribution in [1.29, 1.82) is 0 Å². The van der Waals surface area contributed by atoms with Crippen molar-refractivity contribution < 1.29 is 0 Å². The van der Waals surface area contributed by atoms with Gasteiger partial charge in [-0.1, -0.05) is 6.07 Å². The van der Waals surface area contributed by atoms with E-state index in [9.17, 15) is 0 Å². The van der Waals surface area contributed by atoms with Crippen molar-refractivity contribution in [2.75, 3.05) is 5.73 Å². The first-order valence-electron chi connectivity index (χ1n) is 6.32. The highest BCUT2D eigenvalue weighted by Crippen LogP contribution is 2.32. The highest BCUT2D eigenvalue weighted by atomic mass is 15.3. The lowest BCUT2D eigenvalue weighted by molar-refractivity contribution is 0.512. The van der Waals surface area contributed by atoms with Crippen LogP contribution in [0.3, 0.4) is 0 Å². The maximum atomic E-state index is 5.82. The van der Waals surface area contributed by atoms with Crippen molar-refractivity contribution in [3.8, 4) is 0 Å². The second-order valence-corrected chi connectivity index (χ2v) is 4.88. The minimum Gasteiger partial charge on any atom is -0.399 e. The number of hydrogen-bond acceptors (Lipinski definition) is 3. The lowest BCUT2D eigenvalue weighted by Crippen LogP contribution is -2.20. The van der Waals surface area contributed by atoms with E-state index in [0.717, 1.165) is 25.1 Å². The van der Waals surface area contributed by atoms with E-state index in [1.165, 1.54) is 16.8 Å². The van der Waals surface area contributed by atoms with Crippen LogP contribution in [-0.4, -0.2) is 9.78 Å². The Morgan fingerprint density at radius 2 is 2.33 bits per heavy atom. The van der Waals surface area contributed by atoms with E-state index in [0.29, 0.717) is 6.04 Å². The fourth-order valence-electron chi connectivity index (χ4n) is 2.65. The first kappa shape index (κ1) is 11.3. The molecule has 18 heavy (non-hydrogen) atoms. The highest BCUT2D eigenvalue weighted by molar-refractivity contribution is 5.47. The second-order valence-electron chi connectivity index (χ2n) is 4.88. The molecule has 0 aliphatic heterocycles. The third-order valence-corrected chi connectivity index (χ3v) is 3.70. The molecule has 1 aromatic carbocycles. The average molecular weight is 242 g/mol. The van der Waals surface area contributed by atoms with Gasteiger partial charge in [-0.3, -0.25) is 4.68 Å². The predicted molar refractivity (Wildman–Crippen MR) is 72.0 cm³/mol. The summed E-state index contributed by atoms with van der Waals surface area (Å²) in [6.45, 7) is 0.852. The monoisotopic (exact) mass is 242 g/mol. The van der Waals surface area contributed by atoms with Crippen LogP contribution in [0.15, 0.2) is 30.5 Å². The van der Waals surface area contributed by atoms with Gasteiger partial charge in [-0.25, -0.2) is 0 Å². The van der Waals surface area contributed by atoms with E-state index >= 15 is 0 Å². The minimum absolute atomic E-state index is 0.440. The summed E-state index contributed by atoms with van der Waals surface area (Å²) in [6.07, 6.45) is 4.10. The SMILES string of the molecule is Cn1nccc1CNC1CCc2cc(N)ccc21. The largest absolute Gasteiger partial charge is 0.399 e. The van der Waals surface area contributed by atoms with E-state index in [1.807, 2.05) is 30.1 Å². The summed E-state index contributed by atoms with van der Waals surface area (Å²) in [7, 11) is 1.97. The Bertz CT molecular complexity index is 559. The Hall–Kier alpha value is -1.81. The van der Waals surface area contributed by atoms with Crippen LogP contribution in [0.5, 0.6) is 0 Å². The summed E-state index contributed by atoms with van der Waals surface area (Å²) in [6, 6.07) is 8.73. The van der Waals surface area contributed by atoms with Gasteiger partial charge >= 0.3 is 0 Å².